The molecular formula is C15H16BrNO2S. The fourth-order valence-corrected chi connectivity index (χ4v) is 3.46. The first-order valence-corrected chi connectivity index (χ1v) is 8.51. The molecule has 20 heavy (non-hydrogen) atoms. The standard InChI is InChI=1S/C15H16BrNO2S/c1-11-10-14(8-9-15(11)16)20(18,19)17-12(2)13-6-4-3-5-7-13/h3-10,12,17H,1-2H3/t12-/m0/s1. The summed E-state index contributed by atoms with van der Waals surface area (Å²) in [4.78, 5) is 0.279. The van der Waals surface area contributed by atoms with Crippen LogP contribution in [-0.4, -0.2) is 8.42 Å². The van der Waals surface area contributed by atoms with E-state index >= 15 is 0 Å². The maximum absolute atomic E-state index is 12.4. The second-order valence-corrected chi connectivity index (χ2v) is 7.23. The fraction of sp³-hybridized carbons (Fsp3) is 0.200. The second-order valence-electron chi connectivity index (χ2n) is 4.66. The van der Waals surface area contributed by atoms with Crippen molar-refractivity contribution in [2.24, 2.45) is 0 Å². The molecule has 1 N–H and O–H groups in total. The van der Waals surface area contributed by atoms with E-state index in [1.165, 1.54) is 0 Å². The van der Waals surface area contributed by atoms with Gasteiger partial charge in [0.1, 0.15) is 0 Å². The minimum Gasteiger partial charge on any atom is -0.207 e. The van der Waals surface area contributed by atoms with Crippen molar-refractivity contribution in [3.05, 3.63) is 64.1 Å². The van der Waals surface area contributed by atoms with E-state index < -0.39 is 10.0 Å². The van der Waals surface area contributed by atoms with E-state index in [0.29, 0.717) is 0 Å². The lowest BCUT2D eigenvalue weighted by Gasteiger charge is -2.15. The van der Waals surface area contributed by atoms with E-state index in [4.69, 9.17) is 0 Å². The maximum atomic E-state index is 12.4. The molecule has 2 aromatic carbocycles. The van der Waals surface area contributed by atoms with Crippen LogP contribution in [-0.2, 0) is 10.0 Å². The zero-order valence-corrected chi connectivity index (χ0v) is 13.7. The molecule has 3 nitrogen and oxygen atoms in total. The third-order valence-electron chi connectivity index (χ3n) is 3.07. The fourth-order valence-electron chi connectivity index (χ4n) is 1.89. The maximum Gasteiger partial charge on any atom is 0.241 e. The van der Waals surface area contributed by atoms with Gasteiger partial charge < -0.3 is 0 Å². The van der Waals surface area contributed by atoms with Crippen LogP contribution in [0.25, 0.3) is 0 Å². The average molecular weight is 354 g/mol. The first kappa shape index (κ1) is 15.2. The number of benzene rings is 2. The molecule has 2 rings (SSSR count). The molecule has 0 aliphatic carbocycles. The zero-order valence-electron chi connectivity index (χ0n) is 11.3. The van der Waals surface area contributed by atoms with E-state index in [-0.39, 0.29) is 10.9 Å². The van der Waals surface area contributed by atoms with Gasteiger partial charge in [0.05, 0.1) is 4.90 Å². The highest BCUT2D eigenvalue weighted by molar-refractivity contribution is 9.10. The Morgan fingerprint density at radius 2 is 1.75 bits per heavy atom. The molecule has 0 aliphatic rings. The number of hydrogen-bond donors (Lipinski definition) is 1. The van der Waals surface area contributed by atoms with E-state index in [0.717, 1.165) is 15.6 Å². The minimum absolute atomic E-state index is 0.273. The molecule has 0 spiro atoms. The Bertz CT molecular complexity index is 699. The first-order chi connectivity index (χ1) is 9.40. The molecule has 1 atom stereocenters. The molecule has 0 heterocycles. The third kappa shape index (κ3) is 3.48. The minimum atomic E-state index is -3.52. The van der Waals surface area contributed by atoms with Gasteiger partial charge in [0.15, 0.2) is 0 Å². The van der Waals surface area contributed by atoms with Gasteiger partial charge in [-0.1, -0.05) is 46.3 Å². The summed E-state index contributed by atoms with van der Waals surface area (Å²) in [7, 11) is -3.52. The Morgan fingerprint density at radius 3 is 2.35 bits per heavy atom. The second kappa shape index (κ2) is 6.08. The Labute approximate surface area is 128 Å². The van der Waals surface area contributed by atoms with Crippen LogP contribution < -0.4 is 4.72 Å². The lowest BCUT2D eigenvalue weighted by Crippen LogP contribution is -2.26. The summed E-state index contributed by atoms with van der Waals surface area (Å²) in [5.41, 5.74) is 1.82. The summed E-state index contributed by atoms with van der Waals surface area (Å²) < 4.78 is 28.3. The van der Waals surface area contributed by atoms with Crippen molar-refractivity contribution in [2.45, 2.75) is 24.8 Å². The van der Waals surface area contributed by atoms with Gasteiger partial charge in [-0.3, -0.25) is 0 Å². The van der Waals surface area contributed by atoms with Crippen LogP contribution in [0.1, 0.15) is 24.1 Å². The van der Waals surface area contributed by atoms with Crippen LogP contribution >= 0.6 is 15.9 Å². The van der Waals surface area contributed by atoms with Gasteiger partial charge in [-0.15, -0.1) is 0 Å². The highest BCUT2D eigenvalue weighted by Gasteiger charge is 2.18. The van der Waals surface area contributed by atoms with Crippen LogP contribution in [0.15, 0.2) is 57.9 Å². The van der Waals surface area contributed by atoms with Crippen LogP contribution in [0.2, 0.25) is 0 Å². The molecule has 0 saturated carbocycles. The number of sulfonamides is 1. The van der Waals surface area contributed by atoms with Crippen molar-refractivity contribution < 1.29 is 8.42 Å². The molecule has 5 heteroatoms. The van der Waals surface area contributed by atoms with Crippen molar-refractivity contribution in [2.75, 3.05) is 0 Å². The summed E-state index contributed by atoms with van der Waals surface area (Å²) >= 11 is 3.37. The summed E-state index contributed by atoms with van der Waals surface area (Å²) in [6.07, 6.45) is 0. The predicted molar refractivity (Wildman–Crippen MR) is 84.1 cm³/mol. The van der Waals surface area contributed by atoms with E-state index in [1.807, 2.05) is 44.2 Å². The topological polar surface area (TPSA) is 46.2 Å². The highest BCUT2D eigenvalue weighted by atomic mass is 79.9. The average Bonchev–Trinajstić information content (AvgIpc) is 2.42. The molecule has 0 fully saturated rings. The normalized spacial score (nSPS) is 13.2. The van der Waals surface area contributed by atoms with Crippen LogP contribution in [0.4, 0.5) is 0 Å². The molecule has 0 unspecified atom stereocenters. The Morgan fingerprint density at radius 1 is 1.10 bits per heavy atom. The number of hydrogen-bond acceptors (Lipinski definition) is 2. The van der Waals surface area contributed by atoms with Crippen molar-refractivity contribution in [3.8, 4) is 0 Å². The molecule has 0 aromatic heterocycles. The third-order valence-corrected chi connectivity index (χ3v) is 5.50. The van der Waals surface area contributed by atoms with Gasteiger partial charge >= 0.3 is 0 Å². The lowest BCUT2D eigenvalue weighted by atomic mass is 10.1. The Hall–Kier alpha value is -1.17. The molecule has 0 bridgehead atoms. The van der Waals surface area contributed by atoms with Gasteiger partial charge in [-0.2, -0.15) is 0 Å². The summed E-state index contributed by atoms with van der Waals surface area (Å²) in [5.74, 6) is 0. The van der Waals surface area contributed by atoms with E-state index in [9.17, 15) is 8.42 Å². The molecule has 2 aromatic rings. The summed E-state index contributed by atoms with van der Waals surface area (Å²) in [6.45, 7) is 3.70. The van der Waals surface area contributed by atoms with Gasteiger partial charge in [0.2, 0.25) is 10.0 Å². The van der Waals surface area contributed by atoms with Gasteiger partial charge in [-0.25, -0.2) is 13.1 Å². The highest BCUT2D eigenvalue weighted by Crippen LogP contribution is 2.21. The number of halogens is 1. The lowest BCUT2D eigenvalue weighted by molar-refractivity contribution is 0.567. The Kier molecular flexibility index (Phi) is 4.62. The molecule has 0 aliphatic heterocycles. The van der Waals surface area contributed by atoms with Crippen LogP contribution in [0.3, 0.4) is 0 Å². The van der Waals surface area contributed by atoms with Crippen LogP contribution in [0, 0.1) is 6.92 Å². The first-order valence-electron chi connectivity index (χ1n) is 6.23. The van der Waals surface area contributed by atoms with Gasteiger partial charge in [0, 0.05) is 10.5 Å². The van der Waals surface area contributed by atoms with Crippen molar-refractivity contribution >= 4 is 26.0 Å². The van der Waals surface area contributed by atoms with Crippen molar-refractivity contribution in [3.63, 3.8) is 0 Å². The monoisotopic (exact) mass is 353 g/mol. The van der Waals surface area contributed by atoms with Gasteiger partial charge in [-0.05, 0) is 43.2 Å². The van der Waals surface area contributed by atoms with E-state index in [1.54, 1.807) is 18.2 Å². The zero-order chi connectivity index (χ0) is 14.8. The summed E-state index contributed by atoms with van der Waals surface area (Å²) in [5, 5.41) is 0. The number of aryl methyl sites for hydroxylation is 1. The SMILES string of the molecule is Cc1cc(S(=O)(=O)N[C@@H](C)c2ccccc2)ccc1Br. The number of nitrogens with one attached hydrogen (secondary N) is 1. The molecule has 0 amide bonds. The molecule has 0 radical (unpaired) electrons. The smallest absolute Gasteiger partial charge is 0.207 e. The predicted octanol–water partition coefficient (Wildman–Crippen LogP) is 3.80. The van der Waals surface area contributed by atoms with E-state index in [2.05, 4.69) is 20.7 Å². The van der Waals surface area contributed by atoms with Crippen molar-refractivity contribution in [1.29, 1.82) is 0 Å². The Balaban J connectivity index is 2.25. The quantitative estimate of drug-likeness (QED) is 0.908. The molecule has 0 saturated heterocycles. The molecule has 106 valence electrons. The molecular weight excluding hydrogens is 338 g/mol. The van der Waals surface area contributed by atoms with Gasteiger partial charge in [0.25, 0.3) is 0 Å². The number of rotatable bonds is 4. The van der Waals surface area contributed by atoms with Crippen molar-refractivity contribution in [1.82, 2.24) is 4.72 Å². The summed E-state index contributed by atoms with van der Waals surface area (Å²) in [6, 6.07) is 14.2. The largest absolute Gasteiger partial charge is 0.241 e. The van der Waals surface area contributed by atoms with Crippen LogP contribution in [0.5, 0.6) is 0 Å².